The number of carbonyl (C=O) groups is 1. The number of nitrogens with zero attached hydrogens (tertiary/aromatic N) is 6. The van der Waals surface area contributed by atoms with Crippen molar-refractivity contribution in [1.82, 2.24) is 19.8 Å². The highest BCUT2D eigenvalue weighted by Crippen LogP contribution is 2.40. The summed E-state index contributed by atoms with van der Waals surface area (Å²) in [5.41, 5.74) is 3.47. The Labute approximate surface area is 259 Å². The highest BCUT2D eigenvalue weighted by atomic mass is 16.7. The highest BCUT2D eigenvalue weighted by molar-refractivity contribution is 6.02. The molecule has 3 aromatic rings. The first-order chi connectivity index (χ1) is 21.5. The molecular formula is C33H42N8O3. The zero-order chi connectivity index (χ0) is 30.5. The predicted octanol–water partition coefficient (Wildman–Crippen LogP) is 4.45. The molecule has 0 aliphatic carbocycles. The fourth-order valence-corrected chi connectivity index (χ4v) is 6.39. The number of piperazine rings is 1. The number of ether oxygens (including phenoxy) is 1. The van der Waals surface area contributed by atoms with Gasteiger partial charge in [0.15, 0.2) is 5.82 Å². The monoisotopic (exact) mass is 598 g/mol. The van der Waals surface area contributed by atoms with E-state index in [0.29, 0.717) is 41.4 Å². The molecule has 6 rings (SSSR count). The topological polar surface area (TPSA) is 98.3 Å². The predicted molar refractivity (Wildman–Crippen MR) is 174 cm³/mol. The van der Waals surface area contributed by atoms with Crippen LogP contribution in [0.3, 0.4) is 0 Å². The third kappa shape index (κ3) is 6.64. The van der Waals surface area contributed by atoms with Gasteiger partial charge in [-0.2, -0.15) is 0 Å². The number of piperidine rings is 1. The van der Waals surface area contributed by atoms with E-state index in [-0.39, 0.29) is 11.9 Å². The zero-order valence-corrected chi connectivity index (χ0v) is 25.6. The summed E-state index contributed by atoms with van der Waals surface area (Å²) in [6.45, 7) is 10.6. The molecule has 11 heteroatoms. The van der Waals surface area contributed by atoms with Crippen molar-refractivity contribution < 1.29 is 14.4 Å². The maximum atomic E-state index is 12.5. The highest BCUT2D eigenvalue weighted by Gasteiger charge is 2.30. The summed E-state index contributed by atoms with van der Waals surface area (Å²) in [7, 11) is 3.84. The maximum Gasteiger partial charge on any atom is 0.247 e. The summed E-state index contributed by atoms with van der Waals surface area (Å²) >= 11 is 0. The summed E-state index contributed by atoms with van der Waals surface area (Å²) in [4.78, 5) is 34.9. The van der Waals surface area contributed by atoms with Crippen LogP contribution < -0.4 is 25.3 Å². The summed E-state index contributed by atoms with van der Waals surface area (Å²) in [6, 6.07) is 16.7. The van der Waals surface area contributed by atoms with Crippen molar-refractivity contribution in [1.29, 1.82) is 0 Å². The van der Waals surface area contributed by atoms with E-state index in [2.05, 4.69) is 61.1 Å². The average molecular weight is 599 g/mol. The van der Waals surface area contributed by atoms with Gasteiger partial charge in [0.2, 0.25) is 5.91 Å². The number of likely N-dealkylation sites (N-methyl/N-ethyl adjacent to an activating group) is 1. The number of nitrogens with one attached hydrogen (secondary N) is 2. The Bertz CT molecular complexity index is 1440. The quantitative estimate of drug-likeness (QED) is 0.344. The van der Waals surface area contributed by atoms with Gasteiger partial charge in [0.05, 0.1) is 36.8 Å². The molecule has 0 radical (unpaired) electrons. The lowest BCUT2D eigenvalue weighted by atomic mass is 10.0. The number of amides is 1. The van der Waals surface area contributed by atoms with Crippen LogP contribution in [0.15, 0.2) is 67.5 Å². The molecule has 232 valence electrons. The number of carbonyl (C=O) groups excluding carboxylic acids is 1. The number of aromatic nitrogens is 2. The third-order valence-electron chi connectivity index (χ3n) is 8.85. The largest absolute Gasteiger partial charge is 0.494 e. The Balaban J connectivity index is 1.22. The Morgan fingerprint density at radius 3 is 2.50 bits per heavy atom. The van der Waals surface area contributed by atoms with Crippen molar-refractivity contribution in [3.8, 4) is 5.75 Å². The molecule has 11 nitrogen and oxygen atoms in total. The van der Waals surface area contributed by atoms with E-state index in [9.17, 15) is 4.79 Å². The van der Waals surface area contributed by atoms with Crippen LogP contribution >= 0.6 is 0 Å². The number of rotatable bonds is 9. The lowest BCUT2D eigenvalue weighted by Gasteiger charge is -2.43. The lowest BCUT2D eigenvalue weighted by molar-refractivity contribution is -0.111. The van der Waals surface area contributed by atoms with Crippen LogP contribution in [0.1, 0.15) is 30.9 Å². The first-order valence-corrected chi connectivity index (χ1v) is 15.4. The number of hydroxylamine groups is 1. The van der Waals surface area contributed by atoms with Crippen LogP contribution in [0, 0.1) is 0 Å². The van der Waals surface area contributed by atoms with Gasteiger partial charge in [-0.25, -0.2) is 15.0 Å². The second kappa shape index (κ2) is 13.6. The van der Waals surface area contributed by atoms with Gasteiger partial charge >= 0.3 is 0 Å². The molecule has 2 N–H and O–H groups in total. The summed E-state index contributed by atoms with van der Waals surface area (Å²) in [6.07, 6.45) is 5.83. The molecule has 3 aliphatic heterocycles. The van der Waals surface area contributed by atoms with Gasteiger partial charge in [-0.05, 0) is 37.6 Å². The van der Waals surface area contributed by atoms with Crippen molar-refractivity contribution in [2.45, 2.75) is 31.3 Å². The van der Waals surface area contributed by atoms with Crippen molar-refractivity contribution in [2.75, 3.05) is 80.6 Å². The van der Waals surface area contributed by atoms with E-state index in [1.54, 1.807) is 7.11 Å². The summed E-state index contributed by atoms with van der Waals surface area (Å²) in [5, 5.41) is 8.27. The van der Waals surface area contributed by atoms with E-state index in [0.717, 1.165) is 64.2 Å². The first-order valence-electron chi connectivity index (χ1n) is 15.4. The van der Waals surface area contributed by atoms with Gasteiger partial charge < -0.3 is 25.2 Å². The molecule has 1 amide bonds. The second-order valence-electron chi connectivity index (χ2n) is 11.6. The minimum absolute atomic E-state index is 0.0638. The molecule has 3 fully saturated rings. The van der Waals surface area contributed by atoms with Crippen LogP contribution in [0.5, 0.6) is 5.75 Å². The molecule has 3 saturated heterocycles. The van der Waals surface area contributed by atoms with Crippen molar-refractivity contribution >= 4 is 34.6 Å². The van der Waals surface area contributed by atoms with Gasteiger partial charge in [0.25, 0.3) is 0 Å². The smallest absolute Gasteiger partial charge is 0.247 e. The van der Waals surface area contributed by atoms with E-state index in [1.165, 1.54) is 18.0 Å². The van der Waals surface area contributed by atoms with Crippen LogP contribution in [-0.4, -0.2) is 91.7 Å². The van der Waals surface area contributed by atoms with Crippen LogP contribution in [-0.2, 0) is 9.63 Å². The Morgan fingerprint density at radius 2 is 1.77 bits per heavy atom. The molecule has 44 heavy (non-hydrogen) atoms. The van der Waals surface area contributed by atoms with E-state index >= 15 is 0 Å². The lowest BCUT2D eigenvalue weighted by Crippen LogP contribution is -2.52. The molecule has 1 aromatic heterocycles. The van der Waals surface area contributed by atoms with Crippen LogP contribution in [0.4, 0.5) is 28.7 Å². The van der Waals surface area contributed by atoms with Gasteiger partial charge in [-0.1, -0.05) is 36.9 Å². The SMILES string of the molecule is C=CC(=O)Nc1cc(Nc2cc(N3OCC[C@@H]3c3ccccc3)ncn2)c(OC)cc1N1CCC(N2CCN(C)CC2)CC1. The molecule has 0 saturated carbocycles. The normalized spacial score (nSPS) is 20.0. The first kappa shape index (κ1) is 29.9. The van der Waals surface area contributed by atoms with E-state index in [1.807, 2.05) is 41.5 Å². The van der Waals surface area contributed by atoms with Crippen LogP contribution in [0.2, 0.25) is 0 Å². The number of benzene rings is 2. The van der Waals surface area contributed by atoms with Crippen molar-refractivity contribution in [3.63, 3.8) is 0 Å². The molecule has 0 bridgehead atoms. The van der Waals surface area contributed by atoms with Crippen molar-refractivity contribution in [2.24, 2.45) is 0 Å². The molecule has 3 aliphatic rings. The van der Waals surface area contributed by atoms with Gasteiger partial charge in [0, 0.05) is 63.9 Å². The maximum absolute atomic E-state index is 12.5. The fourth-order valence-electron chi connectivity index (χ4n) is 6.39. The summed E-state index contributed by atoms with van der Waals surface area (Å²) < 4.78 is 5.85. The van der Waals surface area contributed by atoms with Gasteiger partial charge in [0.1, 0.15) is 17.9 Å². The number of anilines is 5. The number of hydrogen-bond donors (Lipinski definition) is 2. The Morgan fingerprint density at radius 1 is 1.00 bits per heavy atom. The second-order valence-corrected chi connectivity index (χ2v) is 11.6. The van der Waals surface area contributed by atoms with E-state index in [4.69, 9.17) is 9.57 Å². The summed E-state index contributed by atoms with van der Waals surface area (Å²) in [5.74, 6) is 1.62. The molecule has 1 atom stereocenters. The van der Waals surface area contributed by atoms with Crippen LogP contribution in [0.25, 0.3) is 0 Å². The molecule has 0 unspecified atom stereocenters. The zero-order valence-electron chi connectivity index (χ0n) is 25.6. The number of hydrogen-bond acceptors (Lipinski definition) is 10. The minimum Gasteiger partial charge on any atom is -0.494 e. The van der Waals surface area contributed by atoms with E-state index < -0.39 is 0 Å². The Hall–Kier alpha value is -4.19. The van der Waals surface area contributed by atoms with Gasteiger partial charge in [-0.3, -0.25) is 14.5 Å². The molecule has 0 spiro atoms. The molecular weight excluding hydrogens is 556 g/mol. The minimum atomic E-state index is -0.267. The Kier molecular flexibility index (Phi) is 9.25. The fraction of sp³-hybridized carbons (Fsp3) is 0.424. The molecule has 2 aromatic carbocycles. The third-order valence-corrected chi connectivity index (χ3v) is 8.85. The molecule has 4 heterocycles. The number of methoxy groups -OCH3 is 1. The van der Waals surface area contributed by atoms with Gasteiger partial charge in [-0.15, -0.1) is 0 Å². The van der Waals surface area contributed by atoms with Crippen molar-refractivity contribution in [3.05, 3.63) is 73.1 Å². The average Bonchev–Trinajstić information content (AvgIpc) is 3.56. The standard InChI is InChI=1S/C33H42N8O3/c1-4-33(42)37-26-20-27(30(43-3)21-29(26)40-13-10-25(11-14-40)39-17-15-38(2)16-18-39)36-31-22-32(35-23-34-31)41-28(12-19-44-41)24-8-6-5-7-9-24/h4-9,20-23,25,28H,1,10-19H2,2-3H3,(H,37,42)(H,34,35,36)/t28-/m1/s1.